The molecular weight excluding hydrogens is 392 g/mol. The third-order valence-corrected chi connectivity index (χ3v) is 5.35. The van der Waals surface area contributed by atoms with Crippen LogP contribution in [0.25, 0.3) is 0 Å². The first-order chi connectivity index (χ1) is 14.4. The molecule has 0 unspecified atom stereocenters. The molecular formula is C25H26N2O2S. The second-order valence-electron chi connectivity index (χ2n) is 7.27. The molecule has 0 spiro atoms. The molecule has 3 rings (SSSR count). The number of benzene rings is 3. The van der Waals surface area contributed by atoms with E-state index in [-0.39, 0.29) is 12.0 Å². The SMILES string of the molecule is COC(=O)c1cccc(NC(=S)N[C@H](c2ccccc2)c2ccc(C)cc2C)c1C. The maximum Gasteiger partial charge on any atom is 0.338 e. The highest BCUT2D eigenvalue weighted by atomic mass is 32.1. The molecule has 0 radical (unpaired) electrons. The summed E-state index contributed by atoms with van der Waals surface area (Å²) in [6.45, 7) is 6.07. The number of anilines is 1. The number of aryl methyl sites for hydroxylation is 2. The monoisotopic (exact) mass is 418 g/mol. The van der Waals surface area contributed by atoms with Gasteiger partial charge in [0.15, 0.2) is 5.11 Å². The number of rotatable bonds is 5. The molecule has 0 bridgehead atoms. The van der Waals surface area contributed by atoms with Crippen LogP contribution in [0.4, 0.5) is 5.69 Å². The second kappa shape index (κ2) is 9.55. The number of carbonyl (C=O) groups is 1. The van der Waals surface area contributed by atoms with Crippen LogP contribution in [0.15, 0.2) is 66.7 Å². The van der Waals surface area contributed by atoms with Gasteiger partial charge in [-0.2, -0.15) is 0 Å². The minimum Gasteiger partial charge on any atom is -0.465 e. The van der Waals surface area contributed by atoms with E-state index in [1.165, 1.54) is 18.2 Å². The van der Waals surface area contributed by atoms with E-state index in [4.69, 9.17) is 17.0 Å². The van der Waals surface area contributed by atoms with Gasteiger partial charge in [-0.3, -0.25) is 0 Å². The van der Waals surface area contributed by atoms with Crippen LogP contribution >= 0.6 is 12.2 Å². The van der Waals surface area contributed by atoms with Gasteiger partial charge in [-0.05, 0) is 67.4 Å². The normalized spacial score (nSPS) is 11.5. The predicted molar refractivity (Wildman–Crippen MR) is 126 cm³/mol. The van der Waals surface area contributed by atoms with Crippen LogP contribution in [-0.2, 0) is 4.74 Å². The van der Waals surface area contributed by atoms with Crippen molar-refractivity contribution in [3.8, 4) is 0 Å². The Labute approximate surface area is 183 Å². The fourth-order valence-electron chi connectivity index (χ4n) is 3.53. The van der Waals surface area contributed by atoms with Crippen LogP contribution < -0.4 is 10.6 Å². The van der Waals surface area contributed by atoms with Crippen molar-refractivity contribution >= 4 is 29.0 Å². The lowest BCUT2D eigenvalue weighted by atomic mass is 9.94. The molecule has 3 aromatic carbocycles. The van der Waals surface area contributed by atoms with E-state index in [0.29, 0.717) is 10.7 Å². The van der Waals surface area contributed by atoms with Crippen molar-refractivity contribution in [2.45, 2.75) is 26.8 Å². The molecule has 2 N–H and O–H groups in total. The van der Waals surface area contributed by atoms with Gasteiger partial charge in [0.05, 0.1) is 18.7 Å². The summed E-state index contributed by atoms with van der Waals surface area (Å²) in [6.07, 6.45) is 0. The maximum atomic E-state index is 12.0. The Balaban J connectivity index is 1.89. The molecule has 5 heteroatoms. The minimum absolute atomic E-state index is 0.101. The zero-order valence-corrected chi connectivity index (χ0v) is 18.5. The summed E-state index contributed by atoms with van der Waals surface area (Å²) in [4.78, 5) is 12.0. The van der Waals surface area contributed by atoms with Crippen LogP contribution in [0.5, 0.6) is 0 Å². The van der Waals surface area contributed by atoms with Gasteiger partial charge in [-0.25, -0.2) is 4.79 Å². The van der Waals surface area contributed by atoms with Crippen molar-refractivity contribution in [2.24, 2.45) is 0 Å². The highest BCUT2D eigenvalue weighted by molar-refractivity contribution is 7.80. The molecule has 30 heavy (non-hydrogen) atoms. The van der Waals surface area contributed by atoms with Gasteiger partial charge < -0.3 is 15.4 Å². The van der Waals surface area contributed by atoms with E-state index in [1.54, 1.807) is 6.07 Å². The highest BCUT2D eigenvalue weighted by Crippen LogP contribution is 2.26. The number of ether oxygens (including phenoxy) is 1. The first kappa shape index (κ1) is 21.5. The quantitative estimate of drug-likeness (QED) is 0.425. The fraction of sp³-hybridized carbons (Fsp3) is 0.200. The van der Waals surface area contributed by atoms with Gasteiger partial charge in [0, 0.05) is 5.69 Å². The molecule has 3 aromatic rings. The number of hydrogen-bond donors (Lipinski definition) is 2. The van der Waals surface area contributed by atoms with E-state index in [9.17, 15) is 4.79 Å². The number of methoxy groups -OCH3 is 1. The number of thiocarbonyl (C=S) groups is 1. The Morgan fingerprint density at radius 1 is 0.967 bits per heavy atom. The first-order valence-electron chi connectivity index (χ1n) is 9.78. The van der Waals surface area contributed by atoms with Crippen molar-refractivity contribution in [3.63, 3.8) is 0 Å². The Bertz CT molecular complexity index is 1060. The van der Waals surface area contributed by atoms with Gasteiger partial charge in [-0.1, -0.05) is 60.2 Å². The standard InChI is InChI=1S/C25H26N2O2S/c1-16-13-14-20(17(2)15-16)23(19-9-6-5-7-10-19)27-25(30)26-22-12-8-11-21(18(22)3)24(28)29-4/h5-15,23H,1-4H3,(H2,26,27,30)/t23-/m1/s1. The first-order valence-corrected chi connectivity index (χ1v) is 10.2. The van der Waals surface area contributed by atoms with Crippen molar-refractivity contribution < 1.29 is 9.53 Å². The van der Waals surface area contributed by atoms with Gasteiger partial charge in [-0.15, -0.1) is 0 Å². The maximum absolute atomic E-state index is 12.0. The smallest absolute Gasteiger partial charge is 0.338 e. The topological polar surface area (TPSA) is 50.4 Å². The van der Waals surface area contributed by atoms with E-state index < -0.39 is 0 Å². The summed E-state index contributed by atoms with van der Waals surface area (Å²) in [5, 5.41) is 7.18. The number of hydrogen-bond acceptors (Lipinski definition) is 3. The molecule has 1 atom stereocenters. The second-order valence-corrected chi connectivity index (χ2v) is 7.68. The number of nitrogens with one attached hydrogen (secondary N) is 2. The van der Waals surface area contributed by atoms with Crippen LogP contribution in [0.1, 0.15) is 44.2 Å². The van der Waals surface area contributed by atoms with Gasteiger partial charge in [0.25, 0.3) is 0 Å². The van der Waals surface area contributed by atoms with Gasteiger partial charge in [0.1, 0.15) is 0 Å². The van der Waals surface area contributed by atoms with Crippen molar-refractivity contribution in [2.75, 3.05) is 12.4 Å². The zero-order valence-electron chi connectivity index (χ0n) is 17.7. The molecule has 0 heterocycles. The third-order valence-electron chi connectivity index (χ3n) is 5.13. The molecule has 0 amide bonds. The molecule has 0 fully saturated rings. The van der Waals surface area contributed by atoms with Crippen LogP contribution in [-0.4, -0.2) is 18.2 Å². The van der Waals surface area contributed by atoms with Crippen LogP contribution in [0.3, 0.4) is 0 Å². The minimum atomic E-state index is -0.368. The largest absolute Gasteiger partial charge is 0.465 e. The average molecular weight is 419 g/mol. The summed E-state index contributed by atoms with van der Waals surface area (Å²) in [5.41, 5.74) is 6.77. The molecule has 0 aliphatic rings. The lowest BCUT2D eigenvalue weighted by Gasteiger charge is -2.24. The van der Waals surface area contributed by atoms with E-state index in [1.807, 2.05) is 37.3 Å². The Kier molecular flexibility index (Phi) is 6.85. The summed E-state index contributed by atoms with van der Waals surface area (Å²) in [6, 6.07) is 22.0. The van der Waals surface area contributed by atoms with Crippen molar-refractivity contribution in [1.29, 1.82) is 0 Å². The highest BCUT2D eigenvalue weighted by Gasteiger charge is 2.18. The Morgan fingerprint density at radius 2 is 1.70 bits per heavy atom. The molecule has 0 aromatic heterocycles. The van der Waals surface area contributed by atoms with E-state index in [2.05, 4.69) is 54.8 Å². The summed E-state index contributed by atoms with van der Waals surface area (Å²) >= 11 is 5.64. The van der Waals surface area contributed by atoms with Crippen LogP contribution in [0.2, 0.25) is 0 Å². The van der Waals surface area contributed by atoms with E-state index in [0.717, 1.165) is 22.4 Å². The molecule has 4 nitrogen and oxygen atoms in total. The zero-order chi connectivity index (χ0) is 21.7. The van der Waals surface area contributed by atoms with Crippen molar-refractivity contribution in [1.82, 2.24) is 5.32 Å². The molecule has 0 aliphatic heterocycles. The van der Waals surface area contributed by atoms with Crippen molar-refractivity contribution in [3.05, 3.63) is 100 Å². The fourth-order valence-corrected chi connectivity index (χ4v) is 3.76. The Morgan fingerprint density at radius 3 is 2.37 bits per heavy atom. The summed E-state index contributed by atoms with van der Waals surface area (Å²) < 4.78 is 4.86. The molecule has 0 aliphatic carbocycles. The van der Waals surface area contributed by atoms with Gasteiger partial charge >= 0.3 is 5.97 Å². The van der Waals surface area contributed by atoms with Crippen LogP contribution in [0, 0.1) is 20.8 Å². The average Bonchev–Trinajstić information content (AvgIpc) is 2.74. The number of esters is 1. The number of carbonyl (C=O) groups excluding carboxylic acids is 1. The lowest BCUT2D eigenvalue weighted by Crippen LogP contribution is -2.33. The molecule has 154 valence electrons. The third kappa shape index (κ3) is 4.86. The summed E-state index contributed by atoms with van der Waals surface area (Å²) in [5.74, 6) is -0.368. The van der Waals surface area contributed by atoms with E-state index >= 15 is 0 Å². The molecule has 0 saturated carbocycles. The Hall–Kier alpha value is -3.18. The molecule has 0 saturated heterocycles. The predicted octanol–water partition coefficient (Wildman–Crippen LogP) is 5.47. The summed E-state index contributed by atoms with van der Waals surface area (Å²) in [7, 11) is 1.38. The van der Waals surface area contributed by atoms with Gasteiger partial charge in [0.2, 0.25) is 0 Å². The lowest BCUT2D eigenvalue weighted by molar-refractivity contribution is 0.0600.